The van der Waals surface area contributed by atoms with Crippen LogP contribution in [-0.4, -0.2) is 47.9 Å². The van der Waals surface area contributed by atoms with E-state index in [1.807, 2.05) is 27.0 Å². The van der Waals surface area contributed by atoms with Crippen LogP contribution in [0.2, 0.25) is 0 Å². The first kappa shape index (κ1) is 28.2. The van der Waals surface area contributed by atoms with E-state index in [9.17, 15) is 27.6 Å². The van der Waals surface area contributed by atoms with E-state index in [1.165, 1.54) is 6.92 Å². The van der Waals surface area contributed by atoms with Crippen molar-refractivity contribution in [1.29, 1.82) is 0 Å². The molecule has 11 heteroatoms. The van der Waals surface area contributed by atoms with E-state index >= 15 is 0 Å². The average molecular weight is 523 g/mol. The second-order valence-corrected chi connectivity index (χ2v) is 9.40. The van der Waals surface area contributed by atoms with Crippen molar-refractivity contribution in [3.05, 3.63) is 56.0 Å². The van der Waals surface area contributed by atoms with Crippen LogP contribution in [0.25, 0.3) is 0 Å². The number of aromatic amines is 1. The number of carbonyl (C=O) groups excluding carboxylic acids is 2. The summed E-state index contributed by atoms with van der Waals surface area (Å²) in [5, 5.41) is 5.70. The van der Waals surface area contributed by atoms with Gasteiger partial charge in [0.2, 0.25) is 0 Å². The number of nitrogens with zero attached hydrogens (tertiary/aromatic N) is 1. The molecule has 37 heavy (non-hydrogen) atoms. The number of halogens is 3. The second kappa shape index (κ2) is 11.4. The van der Waals surface area contributed by atoms with E-state index in [-0.39, 0.29) is 47.5 Å². The summed E-state index contributed by atoms with van der Waals surface area (Å²) >= 11 is 0. The fourth-order valence-corrected chi connectivity index (χ4v) is 4.94. The summed E-state index contributed by atoms with van der Waals surface area (Å²) in [6.07, 6.45) is -2.73. The molecule has 1 aromatic heterocycles. The molecule has 8 nitrogen and oxygen atoms in total. The number of aromatic nitrogens is 1. The van der Waals surface area contributed by atoms with Crippen LogP contribution in [0.4, 0.5) is 18.9 Å². The first-order valence-electron chi connectivity index (χ1n) is 12.2. The van der Waals surface area contributed by atoms with E-state index in [4.69, 9.17) is 4.74 Å². The van der Waals surface area contributed by atoms with Gasteiger partial charge in [0.1, 0.15) is 5.56 Å². The Hall–Kier alpha value is -3.34. The first-order valence-corrected chi connectivity index (χ1v) is 12.2. The van der Waals surface area contributed by atoms with Gasteiger partial charge in [0, 0.05) is 36.0 Å². The summed E-state index contributed by atoms with van der Waals surface area (Å²) < 4.78 is 46.9. The van der Waals surface area contributed by atoms with Gasteiger partial charge in [-0.2, -0.15) is 13.2 Å². The van der Waals surface area contributed by atoms with Gasteiger partial charge in [-0.15, -0.1) is 0 Å². The fourth-order valence-electron chi connectivity index (χ4n) is 4.94. The number of ether oxygens (including phenoxy) is 1. The Morgan fingerprint density at radius 2 is 1.97 bits per heavy atom. The van der Waals surface area contributed by atoms with E-state index in [2.05, 4.69) is 20.5 Å². The van der Waals surface area contributed by atoms with Crippen LogP contribution in [0.5, 0.6) is 5.75 Å². The minimum Gasteiger partial charge on any atom is -0.426 e. The molecule has 1 aliphatic rings. The third-order valence-corrected chi connectivity index (χ3v) is 6.83. The Morgan fingerprint density at radius 3 is 2.54 bits per heavy atom. The maximum Gasteiger partial charge on any atom is 0.420 e. The number of benzene rings is 1. The number of pyridine rings is 1. The number of anilines is 1. The SMILES string of the molecule is CCCc1cc(C)[nH]c(=O)c1CNC(=O)c1cc(C(F)(F)F)c(OC=O)c(NC2CN(C)C2CC)c1C. The molecule has 0 spiro atoms. The molecule has 2 aromatic rings. The monoisotopic (exact) mass is 522 g/mol. The number of nitrogens with one attached hydrogen (secondary N) is 3. The lowest BCUT2D eigenvalue weighted by Gasteiger charge is -2.46. The predicted molar refractivity (Wildman–Crippen MR) is 134 cm³/mol. The maximum atomic E-state index is 14.0. The molecule has 2 atom stereocenters. The molecule has 1 saturated heterocycles. The highest BCUT2D eigenvalue weighted by Crippen LogP contribution is 2.44. The zero-order chi connectivity index (χ0) is 27.5. The van der Waals surface area contributed by atoms with Gasteiger partial charge in [-0.3, -0.25) is 19.3 Å². The molecule has 1 aromatic carbocycles. The zero-order valence-corrected chi connectivity index (χ0v) is 21.6. The first-order chi connectivity index (χ1) is 17.4. The van der Waals surface area contributed by atoms with Crippen molar-refractivity contribution in [2.45, 2.75) is 71.8 Å². The number of aryl methyl sites for hydroxylation is 2. The Balaban J connectivity index is 2.02. The molecule has 3 N–H and O–H groups in total. The fraction of sp³-hybridized carbons (Fsp3) is 0.500. The highest BCUT2D eigenvalue weighted by Gasteiger charge is 2.40. The van der Waals surface area contributed by atoms with Gasteiger partial charge in [-0.25, -0.2) is 0 Å². The summed E-state index contributed by atoms with van der Waals surface area (Å²) in [7, 11) is 1.91. The maximum absolute atomic E-state index is 14.0. The Bertz CT molecular complexity index is 1230. The topological polar surface area (TPSA) is 104 Å². The van der Waals surface area contributed by atoms with Crippen molar-refractivity contribution < 1.29 is 27.5 Å². The smallest absolute Gasteiger partial charge is 0.420 e. The molecule has 1 amide bonds. The van der Waals surface area contributed by atoms with Crippen molar-refractivity contribution in [3.63, 3.8) is 0 Å². The summed E-state index contributed by atoms with van der Waals surface area (Å²) in [6.45, 7) is 7.55. The van der Waals surface area contributed by atoms with Gasteiger partial charge in [0.15, 0.2) is 5.75 Å². The third kappa shape index (κ3) is 5.98. The second-order valence-electron chi connectivity index (χ2n) is 9.40. The van der Waals surface area contributed by atoms with Gasteiger partial charge < -0.3 is 20.4 Å². The molecular weight excluding hydrogens is 489 g/mol. The number of hydrogen-bond acceptors (Lipinski definition) is 6. The number of amides is 1. The molecule has 2 heterocycles. The van der Waals surface area contributed by atoms with Crippen molar-refractivity contribution in [2.75, 3.05) is 18.9 Å². The van der Waals surface area contributed by atoms with Crippen LogP contribution in [0.15, 0.2) is 16.9 Å². The van der Waals surface area contributed by atoms with E-state index in [0.29, 0.717) is 30.3 Å². The summed E-state index contributed by atoms with van der Waals surface area (Å²) in [5.74, 6) is -1.44. The minimum atomic E-state index is -4.89. The van der Waals surface area contributed by atoms with Crippen LogP contribution >= 0.6 is 0 Å². The lowest BCUT2D eigenvalue weighted by atomic mass is 9.93. The van der Waals surface area contributed by atoms with E-state index in [0.717, 1.165) is 18.4 Å². The number of likely N-dealkylation sites (tertiary alicyclic amines) is 1. The molecule has 1 fully saturated rings. The van der Waals surface area contributed by atoms with Gasteiger partial charge >= 0.3 is 6.18 Å². The molecule has 3 rings (SSSR count). The van der Waals surface area contributed by atoms with Crippen LogP contribution in [0.1, 0.15) is 65.0 Å². The molecule has 0 radical (unpaired) electrons. The number of carbonyl (C=O) groups is 2. The summed E-state index contributed by atoms with van der Waals surface area (Å²) in [4.78, 5) is 41.6. The minimum absolute atomic E-state index is 0.0523. The molecule has 2 unspecified atom stereocenters. The summed E-state index contributed by atoms with van der Waals surface area (Å²) in [6, 6.07) is 2.39. The Labute approximate surface area is 213 Å². The van der Waals surface area contributed by atoms with Crippen molar-refractivity contribution in [3.8, 4) is 5.75 Å². The highest BCUT2D eigenvalue weighted by atomic mass is 19.4. The predicted octanol–water partition coefficient (Wildman–Crippen LogP) is 3.93. The van der Waals surface area contributed by atoms with Crippen molar-refractivity contribution >= 4 is 18.1 Å². The summed E-state index contributed by atoms with van der Waals surface area (Å²) in [5.41, 5.74) is 0.149. The lowest BCUT2D eigenvalue weighted by Crippen LogP contribution is -2.61. The third-order valence-electron chi connectivity index (χ3n) is 6.83. The number of alkyl halides is 3. The van der Waals surface area contributed by atoms with Crippen molar-refractivity contribution in [1.82, 2.24) is 15.2 Å². The highest BCUT2D eigenvalue weighted by molar-refractivity contribution is 5.98. The molecule has 0 bridgehead atoms. The molecular formula is C26H33F3N4O4. The van der Waals surface area contributed by atoms with E-state index in [1.54, 1.807) is 6.92 Å². The number of H-pyrrole nitrogens is 1. The largest absolute Gasteiger partial charge is 0.426 e. The average Bonchev–Trinajstić information content (AvgIpc) is 2.79. The van der Waals surface area contributed by atoms with Crippen LogP contribution in [-0.2, 0) is 23.9 Å². The van der Waals surface area contributed by atoms with Gasteiger partial charge in [0.05, 0.1) is 11.7 Å². The molecule has 1 aliphatic heterocycles. The van der Waals surface area contributed by atoms with Gasteiger partial charge in [-0.05, 0) is 57.0 Å². The molecule has 202 valence electrons. The Kier molecular flexibility index (Phi) is 8.68. The normalized spacial score (nSPS) is 17.7. The van der Waals surface area contributed by atoms with Crippen LogP contribution in [0.3, 0.4) is 0 Å². The number of hydrogen-bond donors (Lipinski definition) is 3. The van der Waals surface area contributed by atoms with Crippen molar-refractivity contribution in [2.24, 2.45) is 0 Å². The van der Waals surface area contributed by atoms with Crippen LogP contribution < -0.4 is 20.9 Å². The number of rotatable bonds is 10. The van der Waals surface area contributed by atoms with E-state index < -0.39 is 23.4 Å². The molecule has 0 aliphatic carbocycles. The zero-order valence-electron chi connectivity index (χ0n) is 21.6. The van der Waals surface area contributed by atoms with Gasteiger partial charge in [0.25, 0.3) is 17.9 Å². The quantitative estimate of drug-likeness (QED) is 0.409. The van der Waals surface area contributed by atoms with Crippen LogP contribution in [0, 0.1) is 13.8 Å². The number of likely N-dealkylation sites (N-methyl/N-ethyl adjacent to an activating group) is 1. The standard InChI is InChI=1S/C26H33F3N4O4/c1-6-8-16-9-14(3)31-25(36)18(16)11-30-24(35)17-10-19(26(27,28)29)23(37-13-34)22(15(17)4)32-20-12-33(5)21(20)7-2/h9-10,13,20-21,32H,6-8,11-12H2,1-5H3,(H,30,35)(H,31,36). The lowest BCUT2D eigenvalue weighted by molar-refractivity contribution is -0.139. The molecule has 0 saturated carbocycles. The Morgan fingerprint density at radius 1 is 1.27 bits per heavy atom. The van der Waals surface area contributed by atoms with Gasteiger partial charge in [-0.1, -0.05) is 20.3 Å².